The van der Waals surface area contributed by atoms with Crippen molar-refractivity contribution in [1.82, 2.24) is 0 Å². The number of thioether (sulfide) groups is 1. The summed E-state index contributed by atoms with van der Waals surface area (Å²) in [5.74, 6) is -1.03. The van der Waals surface area contributed by atoms with E-state index in [0.717, 1.165) is 11.8 Å². The molecule has 0 aliphatic carbocycles. The molecule has 0 bridgehead atoms. The van der Waals surface area contributed by atoms with Gasteiger partial charge in [0.05, 0.1) is 10.7 Å². The number of hydrogen-bond acceptors (Lipinski definition) is 4. The molecule has 2 amide bonds. The van der Waals surface area contributed by atoms with Crippen molar-refractivity contribution in [1.29, 1.82) is 0 Å². The molecule has 1 aromatic rings. The molecule has 0 aromatic heterocycles. The van der Waals surface area contributed by atoms with Gasteiger partial charge in [-0.3, -0.25) is 9.59 Å². The van der Waals surface area contributed by atoms with Crippen LogP contribution in [-0.4, -0.2) is 28.2 Å². The first kappa shape index (κ1) is 16.6. The molecule has 0 radical (unpaired) electrons. The molecule has 0 fully saturated rings. The maximum atomic E-state index is 12.0. The summed E-state index contributed by atoms with van der Waals surface area (Å²) in [5, 5.41) is 2.86. The standard InChI is InChI=1S/C12H11Cl2N5O2S/c13-5-1-2-7(6(14)3-5)17-9(20)4-8-10(21)18-12(22-8)19-11(15)16/h1-3,8H,4H2,(H,17,20)(H4,15,16,18,19,21)/t8-/m1/s1. The van der Waals surface area contributed by atoms with Crippen LogP contribution < -0.4 is 16.8 Å². The van der Waals surface area contributed by atoms with Crippen LogP contribution in [0.2, 0.25) is 10.0 Å². The van der Waals surface area contributed by atoms with Gasteiger partial charge in [-0.1, -0.05) is 35.0 Å². The summed E-state index contributed by atoms with van der Waals surface area (Å²) >= 11 is 12.8. The molecule has 5 N–H and O–H groups in total. The summed E-state index contributed by atoms with van der Waals surface area (Å²) in [4.78, 5) is 31.0. The lowest BCUT2D eigenvalue weighted by atomic mass is 10.2. The van der Waals surface area contributed by atoms with Gasteiger partial charge in [0, 0.05) is 11.4 Å². The van der Waals surface area contributed by atoms with Gasteiger partial charge in [0.2, 0.25) is 5.91 Å². The molecule has 1 aliphatic heterocycles. The van der Waals surface area contributed by atoms with E-state index in [1.54, 1.807) is 12.1 Å². The summed E-state index contributed by atoms with van der Waals surface area (Å²) < 4.78 is 0. The number of carbonyl (C=O) groups excluding carboxylic acids is 2. The molecule has 1 heterocycles. The Morgan fingerprint density at radius 1 is 1.41 bits per heavy atom. The van der Waals surface area contributed by atoms with E-state index in [1.165, 1.54) is 6.07 Å². The highest BCUT2D eigenvalue weighted by Crippen LogP contribution is 2.28. The van der Waals surface area contributed by atoms with Crippen LogP contribution in [0, 0.1) is 0 Å². The Morgan fingerprint density at radius 3 is 2.77 bits per heavy atom. The van der Waals surface area contributed by atoms with Crippen LogP contribution in [0.4, 0.5) is 5.69 Å². The van der Waals surface area contributed by atoms with Gasteiger partial charge < -0.3 is 16.8 Å². The van der Waals surface area contributed by atoms with Crippen molar-refractivity contribution in [3.63, 3.8) is 0 Å². The van der Waals surface area contributed by atoms with E-state index in [9.17, 15) is 9.59 Å². The number of nitrogens with zero attached hydrogens (tertiary/aromatic N) is 2. The number of nitrogens with two attached hydrogens (primary N) is 2. The number of amides is 2. The third kappa shape index (κ3) is 4.36. The highest BCUT2D eigenvalue weighted by atomic mass is 35.5. The number of guanidine groups is 1. The Balaban J connectivity index is 1.96. The Morgan fingerprint density at radius 2 is 2.14 bits per heavy atom. The number of amidine groups is 1. The second-order valence-corrected chi connectivity index (χ2v) is 6.27. The van der Waals surface area contributed by atoms with Gasteiger partial charge in [0.1, 0.15) is 5.25 Å². The van der Waals surface area contributed by atoms with Crippen LogP contribution in [0.5, 0.6) is 0 Å². The van der Waals surface area contributed by atoms with E-state index >= 15 is 0 Å². The van der Waals surface area contributed by atoms with Crippen LogP contribution >= 0.6 is 35.0 Å². The second-order valence-electron chi connectivity index (χ2n) is 4.25. The van der Waals surface area contributed by atoms with Crippen LogP contribution in [-0.2, 0) is 9.59 Å². The van der Waals surface area contributed by atoms with Crippen molar-refractivity contribution >= 4 is 63.6 Å². The third-order valence-electron chi connectivity index (χ3n) is 2.53. The van der Waals surface area contributed by atoms with Gasteiger partial charge in [0.15, 0.2) is 11.1 Å². The number of anilines is 1. The molecular formula is C12H11Cl2N5O2S. The van der Waals surface area contributed by atoms with Crippen LogP contribution in [0.1, 0.15) is 6.42 Å². The van der Waals surface area contributed by atoms with E-state index in [-0.39, 0.29) is 23.5 Å². The average Bonchev–Trinajstić information content (AvgIpc) is 2.72. The quantitative estimate of drug-likeness (QED) is 0.558. The summed E-state index contributed by atoms with van der Waals surface area (Å²) in [6.45, 7) is 0. The zero-order chi connectivity index (χ0) is 16.3. The van der Waals surface area contributed by atoms with Crippen molar-refractivity contribution in [3.8, 4) is 0 Å². The molecule has 1 atom stereocenters. The van der Waals surface area contributed by atoms with E-state index in [4.69, 9.17) is 34.7 Å². The van der Waals surface area contributed by atoms with Gasteiger partial charge in [-0.2, -0.15) is 9.98 Å². The van der Waals surface area contributed by atoms with Gasteiger partial charge in [-0.25, -0.2) is 0 Å². The topological polar surface area (TPSA) is 123 Å². The number of halogens is 2. The molecule has 0 saturated heterocycles. The predicted octanol–water partition coefficient (Wildman–Crippen LogP) is 1.59. The molecule has 1 aromatic carbocycles. The first-order valence-corrected chi connectivity index (χ1v) is 7.62. The fourth-order valence-corrected chi connectivity index (χ4v) is 3.02. The first-order chi connectivity index (χ1) is 10.3. The highest BCUT2D eigenvalue weighted by Gasteiger charge is 2.30. The summed E-state index contributed by atoms with van der Waals surface area (Å²) in [6.07, 6.45) is -0.0740. The van der Waals surface area contributed by atoms with Crippen LogP contribution in [0.3, 0.4) is 0 Å². The van der Waals surface area contributed by atoms with Crippen LogP contribution in [0.15, 0.2) is 28.2 Å². The third-order valence-corrected chi connectivity index (χ3v) is 4.12. The first-order valence-electron chi connectivity index (χ1n) is 5.99. The molecule has 7 nitrogen and oxygen atoms in total. The summed E-state index contributed by atoms with van der Waals surface area (Å²) in [5.41, 5.74) is 10.8. The van der Waals surface area contributed by atoms with E-state index in [0.29, 0.717) is 15.7 Å². The zero-order valence-electron chi connectivity index (χ0n) is 11.0. The summed E-state index contributed by atoms with van der Waals surface area (Å²) in [6, 6.07) is 4.68. The smallest absolute Gasteiger partial charge is 0.262 e. The Hall–Kier alpha value is -1.77. The maximum Gasteiger partial charge on any atom is 0.262 e. The maximum absolute atomic E-state index is 12.0. The van der Waals surface area contributed by atoms with Crippen LogP contribution in [0.25, 0.3) is 0 Å². The molecule has 0 saturated carbocycles. The number of aliphatic imine (C=N–C) groups is 2. The van der Waals surface area contributed by atoms with Crippen molar-refractivity contribution in [2.75, 3.05) is 5.32 Å². The number of benzene rings is 1. The van der Waals surface area contributed by atoms with Gasteiger partial charge in [-0.05, 0) is 18.2 Å². The molecule has 116 valence electrons. The van der Waals surface area contributed by atoms with Crippen molar-refractivity contribution in [3.05, 3.63) is 28.2 Å². The molecule has 0 spiro atoms. The predicted molar refractivity (Wildman–Crippen MR) is 89.3 cm³/mol. The Bertz CT molecular complexity index is 688. The minimum Gasteiger partial charge on any atom is -0.370 e. The fourth-order valence-electron chi connectivity index (χ4n) is 1.62. The summed E-state index contributed by atoms with van der Waals surface area (Å²) in [7, 11) is 0. The van der Waals surface area contributed by atoms with Gasteiger partial charge in [0.25, 0.3) is 5.91 Å². The molecule has 22 heavy (non-hydrogen) atoms. The average molecular weight is 360 g/mol. The molecule has 0 unspecified atom stereocenters. The monoisotopic (exact) mass is 359 g/mol. The van der Waals surface area contributed by atoms with Gasteiger partial charge in [-0.15, -0.1) is 0 Å². The van der Waals surface area contributed by atoms with E-state index in [1.807, 2.05) is 0 Å². The lowest BCUT2D eigenvalue weighted by molar-refractivity contribution is -0.121. The van der Waals surface area contributed by atoms with Crippen molar-refractivity contribution < 1.29 is 9.59 Å². The minimum atomic E-state index is -0.663. The largest absolute Gasteiger partial charge is 0.370 e. The second kappa shape index (κ2) is 6.99. The number of carbonyl (C=O) groups is 2. The zero-order valence-corrected chi connectivity index (χ0v) is 13.4. The molecule has 2 rings (SSSR count). The lowest BCUT2D eigenvalue weighted by Gasteiger charge is -2.09. The molecule has 10 heteroatoms. The molecule has 1 aliphatic rings. The SMILES string of the molecule is NC(N)=NC1=NC(=O)[C@@H](CC(=O)Nc2ccc(Cl)cc2Cl)S1. The number of nitrogens with one attached hydrogen (secondary N) is 1. The van der Waals surface area contributed by atoms with E-state index < -0.39 is 11.2 Å². The molecular weight excluding hydrogens is 349 g/mol. The fraction of sp³-hybridized carbons (Fsp3) is 0.167. The normalized spacial score (nSPS) is 17.1. The highest BCUT2D eigenvalue weighted by molar-refractivity contribution is 8.15. The minimum absolute atomic E-state index is 0.0740. The lowest BCUT2D eigenvalue weighted by Crippen LogP contribution is -2.23. The van der Waals surface area contributed by atoms with E-state index in [2.05, 4.69) is 15.3 Å². The Labute approximate surface area is 140 Å². The number of hydrogen-bond donors (Lipinski definition) is 3. The van der Waals surface area contributed by atoms with Crippen molar-refractivity contribution in [2.24, 2.45) is 21.5 Å². The van der Waals surface area contributed by atoms with Gasteiger partial charge >= 0.3 is 0 Å². The Kier molecular flexibility index (Phi) is 5.28. The number of rotatable bonds is 3. The van der Waals surface area contributed by atoms with Crippen molar-refractivity contribution in [2.45, 2.75) is 11.7 Å².